The van der Waals surface area contributed by atoms with Gasteiger partial charge in [-0.25, -0.2) is 0 Å². The Hall–Kier alpha value is -2.24. The van der Waals surface area contributed by atoms with Crippen molar-refractivity contribution < 1.29 is 14.3 Å². The Morgan fingerprint density at radius 1 is 1.14 bits per heavy atom. The highest BCUT2D eigenvalue weighted by atomic mass is 16.5. The van der Waals surface area contributed by atoms with Gasteiger partial charge >= 0.3 is 5.97 Å². The number of hydrogen-bond donors (Lipinski definition) is 2. The molecule has 0 aliphatic heterocycles. The number of carbonyl (C=O) groups is 1. The first-order valence-corrected chi connectivity index (χ1v) is 7.45. The fraction of sp³-hybridized carbons (Fsp3) is 0.500. The van der Waals surface area contributed by atoms with Crippen molar-refractivity contribution in [3.05, 3.63) is 30.3 Å². The number of rotatable bonds is 9. The maximum absolute atomic E-state index is 11.0. The maximum atomic E-state index is 11.0. The molecule has 0 atom stereocenters. The fourth-order valence-corrected chi connectivity index (χ4v) is 1.78. The van der Waals surface area contributed by atoms with Crippen LogP contribution in [-0.2, 0) is 9.53 Å². The van der Waals surface area contributed by atoms with E-state index in [1.165, 1.54) is 7.11 Å². The largest absolute Gasteiger partial charge is 0.492 e. The monoisotopic (exact) mass is 307 g/mol. The van der Waals surface area contributed by atoms with E-state index in [4.69, 9.17) is 4.74 Å². The normalized spacial score (nSPS) is 10.9. The summed E-state index contributed by atoms with van der Waals surface area (Å²) < 4.78 is 10.2. The number of para-hydroxylation sites is 1. The average molecular weight is 307 g/mol. The van der Waals surface area contributed by atoms with Gasteiger partial charge < -0.3 is 20.1 Å². The summed E-state index contributed by atoms with van der Waals surface area (Å²) in [6, 6.07) is 9.69. The molecule has 1 aromatic rings. The van der Waals surface area contributed by atoms with Crippen molar-refractivity contribution in [3.8, 4) is 5.75 Å². The molecule has 0 aliphatic carbocycles. The van der Waals surface area contributed by atoms with Crippen LogP contribution < -0.4 is 15.4 Å². The molecule has 6 nitrogen and oxygen atoms in total. The van der Waals surface area contributed by atoms with Crippen LogP contribution in [-0.4, -0.2) is 45.8 Å². The molecule has 22 heavy (non-hydrogen) atoms. The Bertz CT molecular complexity index is 449. The molecule has 0 fully saturated rings. The first-order chi connectivity index (χ1) is 10.8. The zero-order valence-corrected chi connectivity index (χ0v) is 13.3. The van der Waals surface area contributed by atoms with Crippen LogP contribution in [0.5, 0.6) is 5.75 Å². The van der Waals surface area contributed by atoms with Gasteiger partial charge in [-0.2, -0.15) is 0 Å². The molecular weight excluding hydrogens is 282 g/mol. The lowest BCUT2D eigenvalue weighted by molar-refractivity contribution is -0.140. The van der Waals surface area contributed by atoms with Crippen molar-refractivity contribution in [1.29, 1.82) is 0 Å². The second-order valence-corrected chi connectivity index (χ2v) is 4.62. The number of carbonyl (C=O) groups excluding carboxylic acids is 1. The number of unbranched alkanes of at least 4 members (excludes halogenated alkanes) is 1. The number of ether oxygens (including phenoxy) is 2. The number of aliphatic imine (C=N–C) groups is 1. The van der Waals surface area contributed by atoms with Crippen LogP contribution in [0.3, 0.4) is 0 Å². The number of nitrogens with one attached hydrogen (secondary N) is 2. The number of guanidine groups is 1. The van der Waals surface area contributed by atoms with E-state index in [0.29, 0.717) is 19.6 Å². The predicted molar refractivity (Wildman–Crippen MR) is 87.2 cm³/mol. The van der Waals surface area contributed by atoms with Gasteiger partial charge in [0.05, 0.1) is 13.7 Å². The minimum atomic E-state index is -0.166. The lowest BCUT2D eigenvalue weighted by atomic mass is 10.2. The lowest BCUT2D eigenvalue weighted by Gasteiger charge is -2.12. The summed E-state index contributed by atoms with van der Waals surface area (Å²) in [7, 11) is 3.13. The number of methoxy groups -OCH3 is 1. The first kappa shape index (κ1) is 17.8. The Balaban J connectivity index is 2.06. The number of hydrogen-bond acceptors (Lipinski definition) is 4. The molecule has 0 saturated carbocycles. The van der Waals surface area contributed by atoms with Gasteiger partial charge in [0.1, 0.15) is 12.4 Å². The highest BCUT2D eigenvalue weighted by Gasteiger charge is 2.00. The van der Waals surface area contributed by atoms with Crippen LogP contribution in [0.25, 0.3) is 0 Å². The van der Waals surface area contributed by atoms with Crippen molar-refractivity contribution >= 4 is 11.9 Å². The van der Waals surface area contributed by atoms with Gasteiger partial charge in [-0.1, -0.05) is 18.2 Å². The lowest BCUT2D eigenvalue weighted by Crippen LogP contribution is -2.39. The van der Waals surface area contributed by atoms with E-state index in [0.717, 1.165) is 31.1 Å². The molecule has 2 N–H and O–H groups in total. The van der Waals surface area contributed by atoms with E-state index in [-0.39, 0.29) is 5.97 Å². The molecule has 0 bridgehead atoms. The topological polar surface area (TPSA) is 72.0 Å². The Morgan fingerprint density at radius 3 is 2.55 bits per heavy atom. The second kappa shape index (κ2) is 11.4. The highest BCUT2D eigenvalue weighted by Crippen LogP contribution is 2.07. The van der Waals surface area contributed by atoms with E-state index in [2.05, 4.69) is 20.4 Å². The van der Waals surface area contributed by atoms with E-state index >= 15 is 0 Å². The molecule has 0 unspecified atom stereocenters. The van der Waals surface area contributed by atoms with Gasteiger partial charge in [-0.05, 0) is 25.0 Å². The molecule has 6 heteroatoms. The molecule has 0 spiro atoms. The minimum absolute atomic E-state index is 0.166. The Morgan fingerprint density at radius 2 is 1.86 bits per heavy atom. The number of benzene rings is 1. The SMILES string of the molecule is CN=C(NCCCCC(=O)OC)NCCOc1ccccc1. The number of esters is 1. The van der Waals surface area contributed by atoms with E-state index in [9.17, 15) is 4.79 Å². The quantitative estimate of drug-likeness (QED) is 0.314. The van der Waals surface area contributed by atoms with Crippen molar-refractivity contribution in [1.82, 2.24) is 10.6 Å². The molecule has 1 aromatic carbocycles. The maximum Gasteiger partial charge on any atom is 0.305 e. The average Bonchev–Trinajstić information content (AvgIpc) is 2.57. The smallest absolute Gasteiger partial charge is 0.305 e. The van der Waals surface area contributed by atoms with Crippen molar-refractivity contribution in [2.75, 3.05) is 33.9 Å². The zero-order chi connectivity index (χ0) is 16.0. The fourth-order valence-electron chi connectivity index (χ4n) is 1.78. The zero-order valence-electron chi connectivity index (χ0n) is 13.3. The van der Waals surface area contributed by atoms with Gasteiger partial charge in [-0.15, -0.1) is 0 Å². The summed E-state index contributed by atoms with van der Waals surface area (Å²) in [6.07, 6.45) is 2.14. The van der Waals surface area contributed by atoms with Crippen LogP contribution in [0.1, 0.15) is 19.3 Å². The molecule has 0 heterocycles. The Labute approximate surface area is 131 Å². The molecule has 1 rings (SSSR count). The van der Waals surface area contributed by atoms with Gasteiger partial charge in [-0.3, -0.25) is 9.79 Å². The summed E-state index contributed by atoms with van der Waals surface area (Å²) in [4.78, 5) is 15.1. The third kappa shape index (κ3) is 8.14. The van der Waals surface area contributed by atoms with Crippen LogP contribution in [0.15, 0.2) is 35.3 Å². The molecule has 0 radical (unpaired) electrons. The molecule has 0 amide bonds. The minimum Gasteiger partial charge on any atom is -0.492 e. The van der Waals surface area contributed by atoms with Gasteiger partial charge in [0.15, 0.2) is 5.96 Å². The number of nitrogens with zero attached hydrogens (tertiary/aromatic N) is 1. The van der Waals surface area contributed by atoms with Gasteiger partial charge in [0.2, 0.25) is 0 Å². The van der Waals surface area contributed by atoms with Crippen LogP contribution >= 0.6 is 0 Å². The predicted octanol–water partition coefficient (Wildman–Crippen LogP) is 1.57. The van der Waals surface area contributed by atoms with Crippen LogP contribution in [0, 0.1) is 0 Å². The first-order valence-electron chi connectivity index (χ1n) is 7.45. The summed E-state index contributed by atoms with van der Waals surface area (Å²) in [6.45, 7) is 1.99. The summed E-state index contributed by atoms with van der Waals surface area (Å²) in [5, 5.41) is 6.36. The van der Waals surface area contributed by atoms with Crippen molar-refractivity contribution in [2.24, 2.45) is 4.99 Å². The third-order valence-corrected chi connectivity index (χ3v) is 2.96. The highest BCUT2D eigenvalue weighted by molar-refractivity contribution is 5.79. The van der Waals surface area contributed by atoms with Gasteiger partial charge in [0.25, 0.3) is 0 Å². The van der Waals surface area contributed by atoms with Crippen LogP contribution in [0.4, 0.5) is 0 Å². The summed E-state index contributed by atoms with van der Waals surface area (Å²) >= 11 is 0. The van der Waals surface area contributed by atoms with E-state index in [1.807, 2.05) is 30.3 Å². The van der Waals surface area contributed by atoms with Crippen LogP contribution in [0.2, 0.25) is 0 Å². The molecule has 0 aliphatic rings. The standard InChI is InChI=1S/C16H25N3O3/c1-17-16(18-11-7-6-10-15(20)21-2)19-12-13-22-14-8-4-3-5-9-14/h3-5,8-9H,6-7,10-13H2,1-2H3,(H2,17,18,19). The third-order valence-electron chi connectivity index (χ3n) is 2.96. The van der Waals surface area contributed by atoms with Crippen molar-refractivity contribution in [2.45, 2.75) is 19.3 Å². The van der Waals surface area contributed by atoms with E-state index < -0.39 is 0 Å². The van der Waals surface area contributed by atoms with E-state index in [1.54, 1.807) is 7.05 Å². The van der Waals surface area contributed by atoms with Crippen molar-refractivity contribution in [3.63, 3.8) is 0 Å². The van der Waals surface area contributed by atoms with Gasteiger partial charge in [0, 0.05) is 20.0 Å². The summed E-state index contributed by atoms with van der Waals surface area (Å²) in [5.41, 5.74) is 0. The Kier molecular flexibility index (Phi) is 9.25. The second-order valence-electron chi connectivity index (χ2n) is 4.62. The summed E-state index contributed by atoms with van der Waals surface area (Å²) in [5.74, 6) is 1.42. The molecule has 0 aromatic heterocycles. The molecular formula is C16H25N3O3. The molecule has 0 saturated heterocycles. The molecule has 122 valence electrons.